The lowest BCUT2D eigenvalue weighted by Gasteiger charge is -2.23. The number of nitro benzene ring substituents is 1. The van der Waals surface area contributed by atoms with Crippen LogP contribution in [0.15, 0.2) is 18.2 Å². The van der Waals surface area contributed by atoms with E-state index in [4.69, 9.17) is 15.2 Å². The lowest BCUT2D eigenvalue weighted by Crippen LogP contribution is -2.42. The molecular formula is C13H18N2O4. The van der Waals surface area contributed by atoms with E-state index in [-0.39, 0.29) is 17.0 Å². The van der Waals surface area contributed by atoms with Crippen molar-refractivity contribution in [1.82, 2.24) is 0 Å². The van der Waals surface area contributed by atoms with E-state index in [0.29, 0.717) is 12.4 Å². The van der Waals surface area contributed by atoms with Crippen molar-refractivity contribution in [2.75, 3.05) is 13.7 Å². The second kappa shape index (κ2) is 5.44. The summed E-state index contributed by atoms with van der Waals surface area (Å²) in [6, 6.07) is 4.47. The number of hydrogen-bond donors (Lipinski definition) is 1. The van der Waals surface area contributed by atoms with Crippen LogP contribution in [0.3, 0.4) is 0 Å². The Labute approximate surface area is 111 Å². The fourth-order valence-corrected chi connectivity index (χ4v) is 2.35. The molecule has 1 saturated carbocycles. The van der Waals surface area contributed by atoms with Crippen molar-refractivity contribution < 1.29 is 14.4 Å². The number of hydrogen-bond acceptors (Lipinski definition) is 5. The van der Waals surface area contributed by atoms with Crippen molar-refractivity contribution in [2.45, 2.75) is 31.2 Å². The Morgan fingerprint density at radius 1 is 1.42 bits per heavy atom. The first-order valence-electron chi connectivity index (χ1n) is 6.28. The average Bonchev–Trinajstić information content (AvgIpc) is 2.83. The maximum absolute atomic E-state index is 10.8. The zero-order valence-corrected chi connectivity index (χ0v) is 10.9. The Morgan fingerprint density at radius 3 is 2.68 bits per heavy atom. The van der Waals surface area contributed by atoms with Gasteiger partial charge in [-0.1, -0.05) is 12.8 Å². The normalized spacial score (nSPS) is 17.2. The molecule has 0 spiro atoms. The first kappa shape index (κ1) is 13.6. The molecule has 1 fully saturated rings. The Bertz CT molecular complexity index is 470. The predicted molar refractivity (Wildman–Crippen MR) is 70.5 cm³/mol. The minimum atomic E-state index is -0.482. The maximum atomic E-state index is 10.8. The first-order chi connectivity index (χ1) is 9.04. The quantitative estimate of drug-likeness (QED) is 0.652. The Kier molecular flexibility index (Phi) is 3.90. The number of nitrogens with zero attached hydrogens (tertiary/aromatic N) is 1. The van der Waals surface area contributed by atoms with E-state index >= 15 is 0 Å². The van der Waals surface area contributed by atoms with Gasteiger partial charge in [0.2, 0.25) is 5.75 Å². The molecule has 0 aliphatic heterocycles. The molecule has 0 amide bonds. The maximum Gasteiger partial charge on any atom is 0.311 e. The average molecular weight is 266 g/mol. The van der Waals surface area contributed by atoms with E-state index in [1.807, 2.05) is 0 Å². The van der Waals surface area contributed by atoms with Crippen LogP contribution in [0.5, 0.6) is 11.5 Å². The van der Waals surface area contributed by atoms with Crippen LogP contribution in [-0.2, 0) is 0 Å². The highest BCUT2D eigenvalue weighted by atomic mass is 16.6. The molecule has 0 heterocycles. The van der Waals surface area contributed by atoms with Crippen LogP contribution in [0.1, 0.15) is 25.7 Å². The van der Waals surface area contributed by atoms with Crippen LogP contribution in [-0.4, -0.2) is 24.2 Å². The summed E-state index contributed by atoms with van der Waals surface area (Å²) in [6.45, 7) is 0.425. The molecule has 6 heteroatoms. The molecule has 1 aromatic rings. The number of methoxy groups -OCH3 is 1. The van der Waals surface area contributed by atoms with Crippen molar-refractivity contribution in [2.24, 2.45) is 5.73 Å². The summed E-state index contributed by atoms with van der Waals surface area (Å²) in [6.07, 6.45) is 4.17. The van der Waals surface area contributed by atoms with Crippen LogP contribution in [0.2, 0.25) is 0 Å². The molecule has 2 N–H and O–H groups in total. The molecule has 19 heavy (non-hydrogen) atoms. The highest BCUT2D eigenvalue weighted by Crippen LogP contribution is 2.32. The van der Waals surface area contributed by atoms with Crippen LogP contribution in [0, 0.1) is 10.1 Å². The van der Waals surface area contributed by atoms with Gasteiger partial charge in [-0.05, 0) is 18.9 Å². The fourth-order valence-electron chi connectivity index (χ4n) is 2.35. The summed E-state index contributed by atoms with van der Waals surface area (Å²) in [4.78, 5) is 10.3. The molecule has 2 rings (SSSR count). The smallest absolute Gasteiger partial charge is 0.311 e. The molecule has 0 unspecified atom stereocenters. The van der Waals surface area contributed by atoms with Gasteiger partial charge in [0.05, 0.1) is 17.6 Å². The molecule has 0 atom stereocenters. The Morgan fingerprint density at radius 2 is 2.11 bits per heavy atom. The number of ether oxygens (including phenoxy) is 2. The van der Waals surface area contributed by atoms with Crippen molar-refractivity contribution in [1.29, 1.82) is 0 Å². The number of nitro groups is 1. The van der Waals surface area contributed by atoms with E-state index in [1.165, 1.54) is 19.2 Å². The first-order valence-corrected chi connectivity index (χ1v) is 6.28. The summed E-state index contributed by atoms with van der Waals surface area (Å²) in [7, 11) is 1.40. The highest BCUT2D eigenvalue weighted by Gasteiger charge is 2.30. The largest absolute Gasteiger partial charge is 0.492 e. The second-order valence-electron chi connectivity index (χ2n) is 4.95. The molecule has 1 aromatic carbocycles. The van der Waals surface area contributed by atoms with Crippen LogP contribution < -0.4 is 15.2 Å². The van der Waals surface area contributed by atoms with Crippen LogP contribution >= 0.6 is 0 Å². The van der Waals surface area contributed by atoms with Crippen molar-refractivity contribution in [3.05, 3.63) is 28.3 Å². The summed E-state index contributed by atoms with van der Waals surface area (Å²) in [5.74, 6) is 0.735. The van der Waals surface area contributed by atoms with Gasteiger partial charge in [0.1, 0.15) is 12.4 Å². The van der Waals surface area contributed by atoms with Gasteiger partial charge in [0.15, 0.2) is 0 Å². The molecule has 0 saturated heterocycles. The molecule has 104 valence electrons. The topological polar surface area (TPSA) is 87.6 Å². The van der Waals surface area contributed by atoms with E-state index in [0.717, 1.165) is 25.7 Å². The van der Waals surface area contributed by atoms with Crippen molar-refractivity contribution in [3.63, 3.8) is 0 Å². The van der Waals surface area contributed by atoms with Gasteiger partial charge in [-0.3, -0.25) is 10.1 Å². The number of benzene rings is 1. The third-order valence-electron chi connectivity index (χ3n) is 3.47. The molecule has 0 aromatic heterocycles. The Hall–Kier alpha value is -1.82. The van der Waals surface area contributed by atoms with Gasteiger partial charge >= 0.3 is 5.69 Å². The molecule has 6 nitrogen and oxygen atoms in total. The standard InChI is InChI=1S/C13H18N2O4/c1-18-12-8-10(4-5-11(12)15(16)17)19-9-13(14)6-2-3-7-13/h4-5,8H,2-3,6-7,9,14H2,1H3. The lowest BCUT2D eigenvalue weighted by atomic mass is 10.0. The van der Waals surface area contributed by atoms with Crippen molar-refractivity contribution in [3.8, 4) is 11.5 Å². The summed E-state index contributed by atoms with van der Waals surface area (Å²) >= 11 is 0. The van der Waals surface area contributed by atoms with Crippen molar-refractivity contribution >= 4 is 5.69 Å². The summed E-state index contributed by atoms with van der Waals surface area (Å²) in [5, 5.41) is 10.8. The third-order valence-corrected chi connectivity index (χ3v) is 3.47. The van der Waals surface area contributed by atoms with E-state index in [2.05, 4.69) is 0 Å². The molecule has 0 bridgehead atoms. The Balaban J connectivity index is 2.07. The summed E-state index contributed by atoms with van der Waals surface area (Å²) < 4.78 is 10.6. The zero-order chi connectivity index (χ0) is 13.9. The summed E-state index contributed by atoms with van der Waals surface area (Å²) in [5.41, 5.74) is 5.85. The van der Waals surface area contributed by atoms with Gasteiger partial charge in [-0.15, -0.1) is 0 Å². The predicted octanol–water partition coefficient (Wildman–Crippen LogP) is 2.25. The fraction of sp³-hybridized carbons (Fsp3) is 0.538. The van der Waals surface area contributed by atoms with E-state index < -0.39 is 4.92 Å². The van der Waals surface area contributed by atoms with Gasteiger partial charge in [-0.25, -0.2) is 0 Å². The number of rotatable bonds is 5. The number of nitrogens with two attached hydrogens (primary N) is 1. The molecular weight excluding hydrogens is 248 g/mol. The highest BCUT2D eigenvalue weighted by molar-refractivity contribution is 5.50. The SMILES string of the molecule is COc1cc(OCC2(N)CCCC2)ccc1[N+](=O)[O-]. The molecule has 1 aliphatic rings. The van der Waals surface area contributed by atoms with E-state index in [1.54, 1.807) is 6.07 Å². The van der Waals surface area contributed by atoms with Gasteiger partial charge in [-0.2, -0.15) is 0 Å². The van der Waals surface area contributed by atoms with Crippen LogP contribution in [0.25, 0.3) is 0 Å². The monoisotopic (exact) mass is 266 g/mol. The van der Waals surface area contributed by atoms with Crippen LogP contribution in [0.4, 0.5) is 5.69 Å². The zero-order valence-electron chi connectivity index (χ0n) is 10.9. The van der Waals surface area contributed by atoms with E-state index in [9.17, 15) is 10.1 Å². The van der Waals surface area contributed by atoms with Gasteiger partial charge in [0.25, 0.3) is 0 Å². The van der Waals surface area contributed by atoms with Gasteiger partial charge < -0.3 is 15.2 Å². The molecule has 1 aliphatic carbocycles. The van der Waals surface area contributed by atoms with Gasteiger partial charge in [0, 0.05) is 12.1 Å². The minimum Gasteiger partial charge on any atom is -0.492 e. The molecule has 0 radical (unpaired) electrons. The lowest BCUT2D eigenvalue weighted by molar-refractivity contribution is -0.385. The minimum absolute atomic E-state index is 0.0711. The third kappa shape index (κ3) is 3.14. The second-order valence-corrected chi connectivity index (χ2v) is 4.95.